The van der Waals surface area contributed by atoms with E-state index < -0.39 is 0 Å². The summed E-state index contributed by atoms with van der Waals surface area (Å²) >= 11 is 0.0233. The summed E-state index contributed by atoms with van der Waals surface area (Å²) in [5, 5.41) is 0. The fourth-order valence-corrected chi connectivity index (χ4v) is 3.44. The maximum absolute atomic E-state index is 6.05. The third-order valence-electron chi connectivity index (χ3n) is 3.60. The molecule has 124 valence electrons. The maximum atomic E-state index is 6.05. The standard InChI is InChI=1S/C21H20IO2/c1-22-19-12-13-20(23-15-17-8-4-2-5-9-17)21(14-19)24-16-18-10-6-3-7-11-18/h2-14H,15-16H2,1H3/q-1. The number of rotatable bonds is 7. The Morgan fingerprint density at radius 1 is 0.667 bits per heavy atom. The van der Waals surface area contributed by atoms with Gasteiger partial charge >= 0.3 is 154 Å². The van der Waals surface area contributed by atoms with E-state index in [4.69, 9.17) is 9.47 Å². The minimum absolute atomic E-state index is 0.0233. The average molecular weight is 431 g/mol. The predicted molar refractivity (Wildman–Crippen MR) is 92.6 cm³/mol. The van der Waals surface area contributed by atoms with Crippen LogP contribution in [0.25, 0.3) is 0 Å². The molecule has 3 rings (SSSR count). The zero-order chi connectivity index (χ0) is 16.6. The molecular weight excluding hydrogens is 411 g/mol. The summed E-state index contributed by atoms with van der Waals surface area (Å²) < 4.78 is 13.4. The van der Waals surface area contributed by atoms with Gasteiger partial charge in [-0.15, -0.1) is 0 Å². The zero-order valence-corrected chi connectivity index (χ0v) is 15.8. The third-order valence-corrected chi connectivity index (χ3v) is 5.51. The van der Waals surface area contributed by atoms with Crippen LogP contribution in [-0.2, 0) is 13.2 Å². The molecule has 0 amide bonds. The first kappa shape index (κ1) is 16.8. The molecule has 0 aliphatic carbocycles. The van der Waals surface area contributed by atoms with Crippen LogP contribution < -0.4 is 30.7 Å². The summed E-state index contributed by atoms with van der Waals surface area (Å²) in [7, 11) is 0. The SMILES string of the molecule is C[I-]c1ccc(OCc2ccccc2)c(OCc2ccccc2)c1. The Balaban J connectivity index is 1.72. The van der Waals surface area contributed by atoms with Gasteiger partial charge < -0.3 is 0 Å². The summed E-state index contributed by atoms with van der Waals surface area (Å²) in [6.45, 7) is 1.09. The van der Waals surface area contributed by atoms with Crippen molar-refractivity contribution in [3.05, 3.63) is 93.6 Å². The van der Waals surface area contributed by atoms with Gasteiger partial charge in [-0.3, -0.25) is 0 Å². The second-order valence-electron chi connectivity index (χ2n) is 5.33. The van der Waals surface area contributed by atoms with Crippen molar-refractivity contribution in [2.45, 2.75) is 13.2 Å². The first-order valence-electron chi connectivity index (χ1n) is 7.82. The second-order valence-corrected chi connectivity index (χ2v) is 7.65. The Hall–Kier alpha value is -2.01. The van der Waals surface area contributed by atoms with E-state index in [0.717, 1.165) is 22.6 Å². The molecule has 0 N–H and O–H groups in total. The van der Waals surface area contributed by atoms with Crippen LogP contribution >= 0.6 is 0 Å². The van der Waals surface area contributed by atoms with E-state index in [-0.39, 0.29) is 21.2 Å². The molecule has 0 unspecified atom stereocenters. The van der Waals surface area contributed by atoms with Crippen molar-refractivity contribution in [2.24, 2.45) is 0 Å². The van der Waals surface area contributed by atoms with E-state index >= 15 is 0 Å². The van der Waals surface area contributed by atoms with Crippen molar-refractivity contribution in [3.63, 3.8) is 0 Å². The quantitative estimate of drug-likeness (QED) is 0.419. The summed E-state index contributed by atoms with van der Waals surface area (Å²) in [6, 6.07) is 26.7. The van der Waals surface area contributed by atoms with Gasteiger partial charge in [0.1, 0.15) is 0 Å². The third kappa shape index (κ3) is 4.74. The van der Waals surface area contributed by atoms with E-state index in [1.807, 2.05) is 42.5 Å². The van der Waals surface area contributed by atoms with Crippen molar-refractivity contribution >= 4 is 0 Å². The van der Waals surface area contributed by atoms with Gasteiger partial charge in [0.25, 0.3) is 0 Å². The van der Waals surface area contributed by atoms with Gasteiger partial charge in [-0.05, 0) is 0 Å². The number of ether oxygens (including phenoxy) is 2. The first-order chi connectivity index (χ1) is 11.8. The van der Waals surface area contributed by atoms with E-state index in [1.165, 1.54) is 3.57 Å². The Labute approximate surface area is 153 Å². The number of benzene rings is 3. The number of halogens is 1. The molecule has 0 aliphatic rings. The topological polar surface area (TPSA) is 18.5 Å². The van der Waals surface area contributed by atoms with Crippen molar-refractivity contribution in [1.29, 1.82) is 0 Å². The predicted octanol–water partition coefficient (Wildman–Crippen LogP) is 1.73. The van der Waals surface area contributed by atoms with E-state index in [1.54, 1.807) is 0 Å². The summed E-state index contributed by atoms with van der Waals surface area (Å²) in [5.74, 6) is 1.63. The summed E-state index contributed by atoms with van der Waals surface area (Å²) in [6.07, 6.45) is 0. The van der Waals surface area contributed by atoms with Gasteiger partial charge in [0, 0.05) is 0 Å². The van der Waals surface area contributed by atoms with Gasteiger partial charge in [0.15, 0.2) is 0 Å². The molecule has 0 spiro atoms. The van der Waals surface area contributed by atoms with E-state index in [2.05, 4.69) is 41.3 Å². The minimum atomic E-state index is 0.0233. The average Bonchev–Trinajstić information content (AvgIpc) is 2.66. The molecule has 3 aromatic rings. The monoisotopic (exact) mass is 431 g/mol. The van der Waals surface area contributed by atoms with Crippen LogP contribution in [0.5, 0.6) is 11.5 Å². The molecule has 0 radical (unpaired) electrons. The summed E-state index contributed by atoms with van der Waals surface area (Å²) in [4.78, 5) is 2.25. The number of hydrogen-bond donors (Lipinski definition) is 0. The van der Waals surface area contributed by atoms with Gasteiger partial charge in [0.2, 0.25) is 0 Å². The molecule has 2 nitrogen and oxygen atoms in total. The molecular formula is C21H20IO2-. The molecule has 3 aromatic carbocycles. The van der Waals surface area contributed by atoms with E-state index in [0.29, 0.717) is 13.2 Å². The Morgan fingerprint density at radius 2 is 1.21 bits per heavy atom. The van der Waals surface area contributed by atoms with Gasteiger partial charge in [0.05, 0.1) is 0 Å². The van der Waals surface area contributed by atoms with Crippen LogP contribution in [0, 0.1) is 3.57 Å². The number of hydrogen-bond acceptors (Lipinski definition) is 2. The second kappa shape index (κ2) is 8.73. The van der Waals surface area contributed by atoms with Crippen LogP contribution in [0.4, 0.5) is 0 Å². The molecule has 0 aliphatic heterocycles. The van der Waals surface area contributed by atoms with E-state index in [9.17, 15) is 0 Å². The number of alkyl halides is 1. The molecule has 0 aromatic heterocycles. The van der Waals surface area contributed by atoms with Gasteiger partial charge in [-0.25, -0.2) is 0 Å². The molecule has 0 saturated heterocycles. The van der Waals surface area contributed by atoms with Crippen LogP contribution in [0.1, 0.15) is 11.1 Å². The summed E-state index contributed by atoms with van der Waals surface area (Å²) in [5.41, 5.74) is 2.31. The molecule has 0 fully saturated rings. The molecule has 0 heterocycles. The zero-order valence-electron chi connectivity index (χ0n) is 13.6. The van der Waals surface area contributed by atoms with Crippen LogP contribution in [0.2, 0.25) is 0 Å². The van der Waals surface area contributed by atoms with Crippen molar-refractivity contribution in [1.82, 2.24) is 0 Å². The molecule has 0 atom stereocenters. The van der Waals surface area contributed by atoms with Crippen LogP contribution in [-0.4, -0.2) is 4.93 Å². The van der Waals surface area contributed by atoms with Crippen molar-refractivity contribution in [2.75, 3.05) is 4.93 Å². The normalized spacial score (nSPS) is 10.5. The van der Waals surface area contributed by atoms with Gasteiger partial charge in [-0.1, -0.05) is 0 Å². The van der Waals surface area contributed by atoms with Crippen molar-refractivity contribution < 1.29 is 30.7 Å². The molecule has 24 heavy (non-hydrogen) atoms. The molecule has 0 saturated carbocycles. The fraction of sp³-hybridized carbons (Fsp3) is 0.143. The van der Waals surface area contributed by atoms with Crippen LogP contribution in [0.15, 0.2) is 78.9 Å². The first-order valence-corrected chi connectivity index (χ1v) is 11.1. The molecule has 0 bridgehead atoms. The van der Waals surface area contributed by atoms with Gasteiger partial charge in [-0.2, -0.15) is 0 Å². The fourth-order valence-electron chi connectivity index (χ4n) is 2.30. The van der Waals surface area contributed by atoms with Crippen LogP contribution in [0.3, 0.4) is 0 Å². The van der Waals surface area contributed by atoms with Crippen molar-refractivity contribution in [3.8, 4) is 11.5 Å². The molecule has 3 heteroatoms. The Morgan fingerprint density at radius 3 is 1.75 bits per heavy atom. The Kier molecular flexibility index (Phi) is 6.13. The Bertz CT molecular complexity index is 757.